The maximum atomic E-state index is 9.04. The maximum absolute atomic E-state index is 9.04. The van der Waals surface area contributed by atoms with Crippen LogP contribution in [0.25, 0.3) is 0 Å². The Balaban J connectivity index is 2.78. The summed E-state index contributed by atoms with van der Waals surface area (Å²) >= 11 is 4.89. The molecule has 0 spiro atoms. The highest BCUT2D eigenvalue weighted by atomic mass is 32.1. The van der Waals surface area contributed by atoms with Crippen LogP contribution < -0.4 is 5.73 Å². The van der Waals surface area contributed by atoms with E-state index in [4.69, 9.17) is 28.0 Å². The quantitative estimate of drug-likeness (QED) is 0.466. The van der Waals surface area contributed by atoms with Crippen molar-refractivity contribution in [2.24, 2.45) is 11.7 Å². The van der Waals surface area contributed by atoms with Gasteiger partial charge >= 0.3 is 0 Å². The van der Waals surface area contributed by atoms with Gasteiger partial charge in [0, 0.05) is 25.9 Å². The molecule has 1 aliphatic rings. The zero-order valence-electron chi connectivity index (χ0n) is 10.4. The van der Waals surface area contributed by atoms with E-state index in [1.807, 2.05) is 6.92 Å². The molecule has 1 atom stereocenters. The number of likely N-dealkylation sites (tertiary alicyclic amines) is 1. The number of nitrogens with two attached hydrogens (primary N) is 1. The summed E-state index contributed by atoms with van der Waals surface area (Å²) < 4.78 is 5.19. The van der Waals surface area contributed by atoms with Crippen LogP contribution in [0.5, 0.6) is 0 Å². The van der Waals surface area contributed by atoms with Crippen molar-refractivity contribution in [1.29, 1.82) is 5.26 Å². The lowest BCUT2D eigenvalue weighted by Crippen LogP contribution is -2.37. The smallest absolute Gasteiger partial charge is 0.116 e. The first-order valence-corrected chi connectivity index (χ1v) is 6.15. The van der Waals surface area contributed by atoms with Gasteiger partial charge in [0.2, 0.25) is 0 Å². The fourth-order valence-corrected chi connectivity index (χ4v) is 2.41. The van der Waals surface area contributed by atoms with Gasteiger partial charge in [-0.2, -0.15) is 5.26 Å². The Bertz CT molecular complexity index is 357. The van der Waals surface area contributed by atoms with Crippen LogP contribution in [-0.2, 0) is 4.74 Å². The molecule has 0 bridgehead atoms. The number of piperidine rings is 1. The van der Waals surface area contributed by atoms with Crippen LogP contribution in [0.15, 0.2) is 11.3 Å². The Labute approximate surface area is 108 Å². The fraction of sp³-hybridized carbons (Fsp3) is 0.667. The van der Waals surface area contributed by atoms with E-state index >= 15 is 0 Å². The van der Waals surface area contributed by atoms with Gasteiger partial charge in [-0.05, 0) is 25.7 Å². The molecule has 5 heteroatoms. The van der Waals surface area contributed by atoms with Crippen molar-refractivity contribution < 1.29 is 4.74 Å². The van der Waals surface area contributed by atoms with E-state index in [1.165, 1.54) is 6.42 Å². The number of thiocarbonyl (C=S) groups is 1. The summed E-state index contributed by atoms with van der Waals surface area (Å²) in [4.78, 5) is 2.36. The van der Waals surface area contributed by atoms with Crippen LogP contribution in [0.4, 0.5) is 0 Å². The van der Waals surface area contributed by atoms with Gasteiger partial charge in [-0.15, -0.1) is 0 Å². The van der Waals surface area contributed by atoms with Crippen LogP contribution in [0.1, 0.15) is 19.8 Å². The lowest BCUT2D eigenvalue weighted by molar-refractivity contribution is 0.104. The van der Waals surface area contributed by atoms with E-state index in [2.05, 4.69) is 11.0 Å². The summed E-state index contributed by atoms with van der Waals surface area (Å²) in [5, 5.41) is 9.04. The molecule has 1 rings (SSSR count). The van der Waals surface area contributed by atoms with Crippen LogP contribution in [-0.4, -0.2) is 36.7 Å². The molecule has 1 aliphatic heterocycles. The Kier molecular flexibility index (Phi) is 5.39. The van der Waals surface area contributed by atoms with Crippen molar-refractivity contribution in [2.45, 2.75) is 19.8 Å². The lowest BCUT2D eigenvalue weighted by Gasteiger charge is -2.35. The van der Waals surface area contributed by atoms with Crippen LogP contribution in [0.3, 0.4) is 0 Å². The van der Waals surface area contributed by atoms with Gasteiger partial charge in [-0.1, -0.05) is 12.2 Å². The summed E-state index contributed by atoms with van der Waals surface area (Å²) in [5.74, 6) is 0.523. The van der Waals surface area contributed by atoms with Gasteiger partial charge in [0.05, 0.1) is 6.61 Å². The molecule has 0 amide bonds. The minimum atomic E-state index is 0.180. The Morgan fingerprint density at radius 2 is 2.35 bits per heavy atom. The van der Waals surface area contributed by atoms with Crippen LogP contribution >= 0.6 is 12.2 Å². The van der Waals surface area contributed by atoms with Gasteiger partial charge in [0.1, 0.15) is 16.6 Å². The number of nitriles is 1. The van der Waals surface area contributed by atoms with E-state index in [0.717, 1.165) is 31.8 Å². The molecule has 1 fully saturated rings. The maximum Gasteiger partial charge on any atom is 0.116 e. The van der Waals surface area contributed by atoms with E-state index < -0.39 is 0 Å². The molecule has 1 unspecified atom stereocenters. The second-order valence-electron chi connectivity index (χ2n) is 4.35. The number of rotatable bonds is 4. The first kappa shape index (κ1) is 13.9. The highest BCUT2D eigenvalue weighted by Crippen LogP contribution is 2.21. The second kappa shape index (κ2) is 6.58. The molecule has 94 valence electrons. The summed E-state index contributed by atoms with van der Waals surface area (Å²) in [6, 6.07) is 2.09. The molecule has 4 nitrogen and oxygen atoms in total. The molecule has 0 aromatic carbocycles. The van der Waals surface area contributed by atoms with Crippen molar-refractivity contribution in [3.05, 3.63) is 11.3 Å². The Morgan fingerprint density at radius 1 is 1.65 bits per heavy atom. The molecular formula is C12H19N3OS. The van der Waals surface area contributed by atoms with Gasteiger partial charge in [-0.25, -0.2) is 0 Å². The number of nitrogens with zero attached hydrogens (tertiary/aromatic N) is 2. The molecule has 0 radical (unpaired) electrons. The van der Waals surface area contributed by atoms with Gasteiger partial charge in [0.15, 0.2) is 0 Å². The first-order chi connectivity index (χ1) is 8.10. The van der Waals surface area contributed by atoms with E-state index in [0.29, 0.717) is 11.5 Å². The minimum Gasteiger partial charge on any atom is -0.389 e. The van der Waals surface area contributed by atoms with Crippen molar-refractivity contribution in [1.82, 2.24) is 4.90 Å². The van der Waals surface area contributed by atoms with Crippen molar-refractivity contribution in [3.63, 3.8) is 0 Å². The standard InChI is InChI=1S/C12H19N3OS/c1-9(11(6-13)12(14)17)15-5-3-4-10(7-15)8-16-2/h10H,3-5,7-8H2,1-2H3,(H2,14,17)/b11-9-. The second-order valence-corrected chi connectivity index (χ2v) is 4.79. The number of ether oxygens (including phenoxy) is 1. The minimum absolute atomic E-state index is 0.180. The number of methoxy groups -OCH3 is 1. The third-order valence-electron chi connectivity index (χ3n) is 3.12. The number of hydrogen-bond donors (Lipinski definition) is 1. The zero-order chi connectivity index (χ0) is 12.8. The summed E-state index contributed by atoms with van der Waals surface area (Å²) in [6.07, 6.45) is 2.29. The van der Waals surface area contributed by atoms with E-state index in [9.17, 15) is 0 Å². The monoisotopic (exact) mass is 253 g/mol. The number of hydrogen-bond acceptors (Lipinski definition) is 4. The normalized spacial score (nSPS) is 21.7. The van der Waals surface area contributed by atoms with Crippen LogP contribution in [0, 0.1) is 17.2 Å². The molecule has 2 N–H and O–H groups in total. The average Bonchev–Trinajstić information content (AvgIpc) is 2.30. The fourth-order valence-electron chi connectivity index (χ4n) is 2.21. The molecule has 0 aliphatic carbocycles. The SMILES string of the molecule is COCC1CCCN(/C(C)=C(/C#N)C(N)=S)C1. The molecule has 0 aromatic rings. The third-order valence-corrected chi connectivity index (χ3v) is 3.32. The largest absolute Gasteiger partial charge is 0.389 e. The average molecular weight is 253 g/mol. The number of allylic oxidation sites excluding steroid dienone is 1. The predicted molar refractivity (Wildman–Crippen MR) is 71.3 cm³/mol. The van der Waals surface area contributed by atoms with Gasteiger partial charge < -0.3 is 15.4 Å². The van der Waals surface area contributed by atoms with E-state index in [1.54, 1.807) is 7.11 Å². The summed E-state index contributed by atoms with van der Waals surface area (Å²) in [7, 11) is 1.72. The summed E-state index contributed by atoms with van der Waals surface area (Å²) in [5.41, 5.74) is 6.87. The Hall–Kier alpha value is -1.12. The molecule has 17 heavy (non-hydrogen) atoms. The lowest BCUT2D eigenvalue weighted by atomic mass is 9.98. The predicted octanol–water partition coefficient (Wildman–Crippen LogP) is 1.43. The van der Waals surface area contributed by atoms with Crippen molar-refractivity contribution in [2.75, 3.05) is 26.8 Å². The van der Waals surface area contributed by atoms with Gasteiger partial charge in [-0.3, -0.25) is 0 Å². The van der Waals surface area contributed by atoms with Crippen molar-refractivity contribution in [3.8, 4) is 6.07 Å². The van der Waals surface area contributed by atoms with Gasteiger partial charge in [0.25, 0.3) is 0 Å². The summed E-state index contributed by atoms with van der Waals surface area (Å²) in [6.45, 7) is 4.54. The van der Waals surface area contributed by atoms with Crippen LogP contribution in [0.2, 0.25) is 0 Å². The first-order valence-electron chi connectivity index (χ1n) is 5.74. The molecule has 0 saturated carbocycles. The van der Waals surface area contributed by atoms with E-state index in [-0.39, 0.29) is 4.99 Å². The Morgan fingerprint density at radius 3 is 2.88 bits per heavy atom. The zero-order valence-corrected chi connectivity index (χ0v) is 11.2. The third kappa shape index (κ3) is 3.69. The highest BCUT2D eigenvalue weighted by molar-refractivity contribution is 7.80. The molecule has 0 aromatic heterocycles. The van der Waals surface area contributed by atoms with Crippen molar-refractivity contribution >= 4 is 17.2 Å². The molecule has 1 heterocycles. The highest BCUT2D eigenvalue weighted by Gasteiger charge is 2.22. The molecule has 1 saturated heterocycles. The molecular weight excluding hydrogens is 234 g/mol. The topological polar surface area (TPSA) is 62.3 Å².